The van der Waals surface area contributed by atoms with Crippen LogP contribution in [0.4, 0.5) is 5.69 Å². The van der Waals surface area contributed by atoms with Crippen LogP contribution < -0.4 is 15.8 Å². The van der Waals surface area contributed by atoms with Gasteiger partial charge in [-0.15, -0.1) is 11.3 Å². The molecule has 5 nitrogen and oxygen atoms in total. The highest BCUT2D eigenvalue weighted by Gasteiger charge is 2.14. The van der Waals surface area contributed by atoms with Crippen LogP contribution in [0.5, 0.6) is 5.75 Å². The van der Waals surface area contributed by atoms with Crippen LogP contribution in [0.15, 0.2) is 17.5 Å². The number of hydrogen-bond acceptors (Lipinski definition) is 5. The van der Waals surface area contributed by atoms with Crippen LogP contribution in [0.25, 0.3) is 0 Å². The Kier molecular flexibility index (Phi) is 5.17. The predicted molar refractivity (Wildman–Crippen MR) is 85.6 cm³/mol. The van der Waals surface area contributed by atoms with Gasteiger partial charge in [-0.05, 0) is 25.1 Å². The zero-order valence-electron chi connectivity index (χ0n) is 11.8. The number of ether oxygens (including phenoxy) is 1. The number of nitrogens with two attached hydrogens (primary N) is 1. The third kappa shape index (κ3) is 3.72. The first kappa shape index (κ1) is 15.8. The number of anilines is 1. The lowest BCUT2D eigenvalue weighted by molar-refractivity contribution is 0.102. The van der Waals surface area contributed by atoms with E-state index in [-0.39, 0.29) is 5.91 Å². The van der Waals surface area contributed by atoms with Gasteiger partial charge in [0.25, 0.3) is 5.91 Å². The van der Waals surface area contributed by atoms with Gasteiger partial charge in [0.15, 0.2) is 0 Å². The summed E-state index contributed by atoms with van der Waals surface area (Å²) in [5.74, 6) is 0.228. The van der Waals surface area contributed by atoms with Gasteiger partial charge in [-0.2, -0.15) is 0 Å². The molecule has 1 aromatic carbocycles. The van der Waals surface area contributed by atoms with Gasteiger partial charge in [0.2, 0.25) is 0 Å². The molecule has 0 bridgehead atoms. The summed E-state index contributed by atoms with van der Waals surface area (Å²) in [6.07, 6.45) is 0.668. The second-order valence-electron chi connectivity index (χ2n) is 4.42. The van der Waals surface area contributed by atoms with Gasteiger partial charge in [0, 0.05) is 22.9 Å². The second-order valence-corrected chi connectivity index (χ2v) is 5.77. The maximum Gasteiger partial charge on any atom is 0.275 e. The molecule has 0 aliphatic rings. The number of rotatable bonds is 5. The van der Waals surface area contributed by atoms with Crippen molar-refractivity contribution < 1.29 is 9.53 Å². The lowest BCUT2D eigenvalue weighted by Gasteiger charge is -2.11. The monoisotopic (exact) mass is 325 g/mol. The topological polar surface area (TPSA) is 77.2 Å². The summed E-state index contributed by atoms with van der Waals surface area (Å²) in [7, 11) is 1.53. The Hall–Kier alpha value is -1.63. The SMILES string of the molecule is COc1cc(Cl)c(C)cc1NC(=O)c1csc(CCN)n1. The smallest absolute Gasteiger partial charge is 0.275 e. The van der Waals surface area contributed by atoms with Crippen LogP contribution in [0.2, 0.25) is 5.02 Å². The van der Waals surface area contributed by atoms with Crippen molar-refractivity contribution in [3.8, 4) is 5.75 Å². The number of aromatic nitrogens is 1. The summed E-state index contributed by atoms with van der Waals surface area (Å²) in [5, 5.41) is 5.95. The summed E-state index contributed by atoms with van der Waals surface area (Å²) in [4.78, 5) is 16.5. The van der Waals surface area contributed by atoms with Crippen LogP contribution in [0.3, 0.4) is 0 Å². The van der Waals surface area contributed by atoms with Crippen molar-refractivity contribution in [3.63, 3.8) is 0 Å². The number of aryl methyl sites for hydroxylation is 1. The minimum absolute atomic E-state index is 0.283. The third-order valence-corrected chi connectivity index (χ3v) is 4.19. The molecule has 0 fully saturated rings. The number of nitrogens with one attached hydrogen (secondary N) is 1. The fourth-order valence-corrected chi connectivity index (χ4v) is 2.72. The molecular weight excluding hydrogens is 310 g/mol. The Morgan fingerprint density at radius 3 is 2.95 bits per heavy atom. The van der Waals surface area contributed by atoms with Crippen molar-refractivity contribution in [2.75, 3.05) is 19.0 Å². The van der Waals surface area contributed by atoms with E-state index in [4.69, 9.17) is 22.1 Å². The van der Waals surface area contributed by atoms with Gasteiger partial charge < -0.3 is 15.8 Å². The minimum atomic E-state index is -0.283. The van der Waals surface area contributed by atoms with E-state index in [9.17, 15) is 4.79 Å². The van der Waals surface area contributed by atoms with E-state index in [1.807, 2.05) is 6.92 Å². The first-order valence-corrected chi connectivity index (χ1v) is 7.61. The summed E-state index contributed by atoms with van der Waals surface area (Å²) < 4.78 is 5.23. The molecule has 2 rings (SSSR count). The summed E-state index contributed by atoms with van der Waals surface area (Å²) in [6.45, 7) is 2.37. The molecule has 0 saturated carbocycles. The predicted octanol–water partition coefficient (Wildman–Crippen LogP) is 2.87. The Bertz CT molecular complexity index is 658. The summed E-state index contributed by atoms with van der Waals surface area (Å²) >= 11 is 7.47. The van der Waals surface area contributed by atoms with E-state index >= 15 is 0 Å². The van der Waals surface area contributed by atoms with Crippen LogP contribution in [-0.2, 0) is 6.42 Å². The maximum atomic E-state index is 12.2. The highest BCUT2D eigenvalue weighted by Crippen LogP contribution is 2.31. The normalized spacial score (nSPS) is 10.5. The lowest BCUT2D eigenvalue weighted by atomic mass is 10.2. The molecule has 3 N–H and O–H groups in total. The van der Waals surface area contributed by atoms with Crippen molar-refractivity contribution in [2.24, 2.45) is 5.73 Å². The van der Waals surface area contributed by atoms with E-state index < -0.39 is 0 Å². The standard InChI is InChI=1S/C14H16ClN3O2S/c1-8-5-10(12(20-2)6-9(8)15)18-14(19)11-7-21-13(17-11)3-4-16/h5-7H,3-4,16H2,1-2H3,(H,18,19). The van der Waals surface area contributed by atoms with Crippen molar-refractivity contribution in [2.45, 2.75) is 13.3 Å². The Morgan fingerprint density at radius 2 is 2.29 bits per heavy atom. The van der Waals surface area contributed by atoms with Gasteiger partial charge in [-0.25, -0.2) is 4.98 Å². The molecule has 0 spiro atoms. The van der Waals surface area contributed by atoms with E-state index in [0.717, 1.165) is 10.6 Å². The first-order valence-electron chi connectivity index (χ1n) is 6.35. The molecule has 1 aromatic heterocycles. The number of carbonyl (C=O) groups is 1. The molecule has 0 unspecified atom stereocenters. The zero-order chi connectivity index (χ0) is 15.4. The van der Waals surface area contributed by atoms with E-state index in [1.54, 1.807) is 17.5 Å². The second kappa shape index (κ2) is 6.89. The van der Waals surface area contributed by atoms with Gasteiger partial charge in [-0.3, -0.25) is 4.79 Å². The fourth-order valence-electron chi connectivity index (χ4n) is 1.77. The molecular formula is C14H16ClN3O2S. The van der Waals surface area contributed by atoms with Crippen molar-refractivity contribution in [1.82, 2.24) is 4.98 Å². The number of amides is 1. The van der Waals surface area contributed by atoms with Crippen molar-refractivity contribution >= 4 is 34.5 Å². The van der Waals surface area contributed by atoms with Crippen LogP contribution in [0, 0.1) is 6.92 Å². The lowest BCUT2D eigenvalue weighted by Crippen LogP contribution is -2.13. The number of nitrogens with zero attached hydrogens (tertiary/aromatic N) is 1. The van der Waals surface area contributed by atoms with Gasteiger partial charge in [0.1, 0.15) is 11.4 Å². The average Bonchev–Trinajstić information content (AvgIpc) is 2.91. The molecule has 2 aromatic rings. The molecule has 0 saturated heterocycles. The van der Waals surface area contributed by atoms with Gasteiger partial charge in [0.05, 0.1) is 17.8 Å². The Labute approximate surface area is 132 Å². The highest BCUT2D eigenvalue weighted by molar-refractivity contribution is 7.09. The molecule has 21 heavy (non-hydrogen) atoms. The van der Waals surface area contributed by atoms with Gasteiger partial charge in [-0.1, -0.05) is 11.6 Å². The third-order valence-electron chi connectivity index (χ3n) is 2.87. The number of thiazole rings is 1. The molecule has 0 aliphatic carbocycles. The number of hydrogen-bond donors (Lipinski definition) is 2. The zero-order valence-corrected chi connectivity index (χ0v) is 13.3. The largest absolute Gasteiger partial charge is 0.495 e. The molecule has 7 heteroatoms. The van der Waals surface area contributed by atoms with Gasteiger partial charge >= 0.3 is 0 Å². The fraction of sp³-hybridized carbons (Fsp3) is 0.286. The van der Waals surface area contributed by atoms with Crippen molar-refractivity contribution in [1.29, 1.82) is 0 Å². The van der Waals surface area contributed by atoms with Crippen molar-refractivity contribution in [3.05, 3.63) is 38.8 Å². The number of benzene rings is 1. The molecule has 1 heterocycles. The summed E-state index contributed by atoms with van der Waals surface area (Å²) in [6, 6.07) is 3.44. The molecule has 0 aliphatic heterocycles. The Morgan fingerprint density at radius 1 is 1.52 bits per heavy atom. The quantitative estimate of drug-likeness (QED) is 0.886. The van der Waals surface area contributed by atoms with Crippen LogP contribution in [0.1, 0.15) is 21.1 Å². The number of methoxy groups -OCH3 is 1. The molecule has 0 radical (unpaired) electrons. The number of carbonyl (C=O) groups excluding carboxylic acids is 1. The van der Waals surface area contributed by atoms with Crippen LogP contribution >= 0.6 is 22.9 Å². The van der Waals surface area contributed by atoms with E-state index in [0.29, 0.717) is 35.1 Å². The van der Waals surface area contributed by atoms with E-state index in [2.05, 4.69) is 10.3 Å². The molecule has 112 valence electrons. The first-order chi connectivity index (χ1) is 10.0. The van der Waals surface area contributed by atoms with Crippen LogP contribution in [-0.4, -0.2) is 24.5 Å². The highest BCUT2D eigenvalue weighted by atomic mass is 35.5. The summed E-state index contributed by atoms with van der Waals surface area (Å²) in [5.41, 5.74) is 7.27. The maximum absolute atomic E-state index is 12.2. The van der Waals surface area contributed by atoms with E-state index in [1.165, 1.54) is 18.4 Å². The average molecular weight is 326 g/mol. The Balaban J connectivity index is 2.20. The molecule has 0 atom stereocenters. The minimum Gasteiger partial charge on any atom is -0.495 e. The molecule has 1 amide bonds. The number of halogens is 1.